The fraction of sp³-hybridized carbons (Fsp3) is 0.500. The van der Waals surface area contributed by atoms with Crippen LogP contribution in [0.5, 0.6) is 0 Å². The normalized spacial score (nSPS) is 36.8. The summed E-state index contributed by atoms with van der Waals surface area (Å²) in [5.41, 5.74) is 1.87. The Morgan fingerprint density at radius 2 is 2.06 bits per heavy atom. The molecule has 0 spiro atoms. The van der Waals surface area contributed by atoms with Crippen LogP contribution in [0.15, 0.2) is 43.1 Å². The van der Waals surface area contributed by atoms with E-state index in [4.69, 9.17) is 0 Å². The Balaban J connectivity index is 2.47. The highest BCUT2D eigenvalue weighted by molar-refractivity contribution is 14.1. The Kier molecular flexibility index (Phi) is 4.47. The first-order valence-corrected chi connectivity index (χ1v) is 8.63. The minimum absolute atomic E-state index is 0.269. The van der Waals surface area contributed by atoms with E-state index in [1.165, 1.54) is 7.16 Å². The Labute approximate surface area is 138 Å². The number of hydrogen-bond donors (Lipinski definition) is 0. The van der Waals surface area contributed by atoms with Crippen molar-refractivity contribution in [3.05, 3.63) is 43.1 Å². The zero-order chi connectivity index (χ0) is 13.5. The van der Waals surface area contributed by atoms with Gasteiger partial charge in [-0.1, -0.05) is 50.6 Å². The van der Waals surface area contributed by atoms with Gasteiger partial charge in [-0.2, -0.15) is 0 Å². The molecule has 1 saturated carbocycles. The molecule has 0 aromatic carbocycles. The Hall–Kier alpha value is 0.420. The summed E-state index contributed by atoms with van der Waals surface area (Å²) in [6, 6.07) is 0. The van der Waals surface area contributed by atoms with Crippen LogP contribution in [-0.4, -0.2) is 0 Å². The van der Waals surface area contributed by atoms with Gasteiger partial charge in [-0.25, -0.2) is 0 Å². The first kappa shape index (κ1) is 14.8. The molecule has 1 fully saturated rings. The predicted molar refractivity (Wildman–Crippen MR) is 97.0 cm³/mol. The van der Waals surface area contributed by atoms with E-state index in [-0.39, 0.29) is 5.41 Å². The molecule has 0 amide bonds. The molecular formula is C16H20I2. The number of halogens is 2. The topological polar surface area (TPSA) is 0 Å². The van der Waals surface area contributed by atoms with E-state index in [0.717, 1.165) is 0 Å². The number of fused-ring (bicyclic) bond motifs is 1. The van der Waals surface area contributed by atoms with Crippen LogP contribution in [0.3, 0.4) is 0 Å². The van der Waals surface area contributed by atoms with Gasteiger partial charge < -0.3 is 0 Å². The highest BCUT2D eigenvalue weighted by atomic mass is 127. The lowest BCUT2D eigenvalue weighted by Crippen LogP contribution is -2.22. The standard InChI is InChI=1S/C16H20I2/c1-5-11(17)8-14-10(2)13-7-6-12(18)9-15(13)16(14,3)4/h5-10,13,15H,1-4H3/b11-5+,14-8+. The van der Waals surface area contributed by atoms with Crippen molar-refractivity contribution in [1.29, 1.82) is 0 Å². The molecule has 2 rings (SSSR count). The minimum atomic E-state index is 0.269. The van der Waals surface area contributed by atoms with E-state index in [9.17, 15) is 0 Å². The Morgan fingerprint density at radius 3 is 2.67 bits per heavy atom. The summed E-state index contributed by atoms with van der Waals surface area (Å²) < 4.78 is 2.74. The van der Waals surface area contributed by atoms with E-state index < -0.39 is 0 Å². The zero-order valence-corrected chi connectivity index (χ0v) is 15.7. The maximum absolute atomic E-state index is 2.46. The maximum atomic E-state index is 2.46. The van der Waals surface area contributed by atoms with Gasteiger partial charge >= 0.3 is 0 Å². The van der Waals surface area contributed by atoms with Crippen molar-refractivity contribution >= 4 is 45.2 Å². The molecule has 3 atom stereocenters. The summed E-state index contributed by atoms with van der Waals surface area (Å²) in [4.78, 5) is 0. The molecule has 0 aromatic heterocycles. The third kappa shape index (κ3) is 2.51. The van der Waals surface area contributed by atoms with Gasteiger partial charge in [0.1, 0.15) is 0 Å². The summed E-state index contributed by atoms with van der Waals surface area (Å²) in [6.45, 7) is 9.30. The van der Waals surface area contributed by atoms with Crippen molar-refractivity contribution in [2.45, 2.75) is 27.7 Å². The summed E-state index contributed by atoms with van der Waals surface area (Å²) in [5, 5.41) is 0. The van der Waals surface area contributed by atoms with Crippen molar-refractivity contribution in [2.75, 3.05) is 0 Å². The van der Waals surface area contributed by atoms with Crippen molar-refractivity contribution in [3.63, 3.8) is 0 Å². The quantitative estimate of drug-likeness (QED) is 0.413. The fourth-order valence-corrected chi connectivity index (χ4v) is 4.29. The number of allylic oxidation sites excluding steroid dienone is 8. The van der Waals surface area contributed by atoms with Crippen LogP contribution in [-0.2, 0) is 0 Å². The van der Waals surface area contributed by atoms with Crippen molar-refractivity contribution in [1.82, 2.24) is 0 Å². The van der Waals surface area contributed by atoms with E-state index in [0.29, 0.717) is 17.8 Å². The monoisotopic (exact) mass is 466 g/mol. The van der Waals surface area contributed by atoms with Gasteiger partial charge in [0.25, 0.3) is 0 Å². The van der Waals surface area contributed by atoms with Crippen LogP contribution < -0.4 is 0 Å². The summed E-state index contributed by atoms with van der Waals surface area (Å²) in [7, 11) is 0. The second-order valence-electron chi connectivity index (χ2n) is 5.80. The third-order valence-electron chi connectivity index (χ3n) is 4.45. The van der Waals surface area contributed by atoms with Crippen LogP contribution in [0.1, 0.15) is 27.7 Å². The molecule has 3 unspecified atom stereocenters. The average molecular weight is 466 g/mol. The molecule has 18 heavy (non-hydrogen) atoms. The highest BCUT2D eigenvalue weighted by Gasteiger charge is 2.48. The number of rotatable bonds is 1. The van der Waals surface area contributed by atoms with Gasteiger partial charge in [0.05, 0.1) is 0 Å². The SMILES string of the molecule is C/C=C(I)\C=C1/C(C)C2C=CC(I)=CC2C1(C)C. The molecule has 0 N–H and O–H groups in total. The molecular weight excluding hydrogens is 446 g/mol. The van der Waals surface area contributed by atoms with E-state index in [1.807, 2.05) is 0 Å². The average Bonchev–Trinajstić information content (AvgIpc) is 2.50. The van der Waals surface area contributed by atoms with Gasteiger partial charge in [0.15, 0.2) is 0 Å². The molecule has 0 aromatic rings. The van der Waals surface area contributed by atoms with E-state index in [1.54, 1.807) is 5.57 Å². The van der Waals surface area contributed by atoms with Crippen LogP contribution in [0.2, 0.25) is 0 Å². The molecule has 0 saturated heterocycles. The molecule has 98 valence electrons. The smallest absolute Gasteiger partial charge is 0.00902 e. The Morgan fingerprint density at radius 1 is 1.39 bits per heavy atom. The van der Waals surface area contributed by atoms with Crippen LogP contribution >= 0.6 is 45.2 Å². The van der Waals surface area contributed by atoms with Crippen LogP contribution in [0, 0.1) is 23.2 Å². The second-order valence-corrected chi connectivity index (χ2v) is 8.29. The lowest BCUT2D eigenvalue weighted by Gasteiger charge is -2.30. The lowest BCUT2D eigenvalue weighted by molar-refractivity contribution is 0.323. The highest BCUT2D eigenvalue weighted by Crippen LogP contribution is 2.57. The molecule has 2 aliphatic carbocycles. The van der Waals surface area contributed by atoms with Crippen molar-refractivity contribution in [2.24, 2.45) is 23.2 Å². The molecule has 0 bridgehead atoms. The van der Waals surface area contributed by atoms with Crippen LogP contribution in [0.4, 0.5) is 0 Å². The molecule has 0 heterocycles. The Bertz CT molecular complexity index is 463. The summed E-state index contributed by atoms with van der Waals surface area (Å²) in [6.07, 6.45) is 11.7. The van der Waals surface area contributed by atoms with Gasteiger partial charge in [-0.3, -0.25) is 0 Å². The second kappa shape index (κ2) is 5.43. The lowest BCUT2D eigenvalue weighted by atomic mass is 9.75. The van der Waals surface area contributed by atoms with E-state index in [2.05, 4.69) is 103 Å². The van der Waals surface area contributed by atoms with Crippen molar-refractivity contribution in [3.8, 4) is 0 Å². The van der Waals surface area contributed by atoms with Gasteiger partial charge in [-0.15, -0.1) is 0 Å². The first-order chi connectivity index (χ1) is 8.37. The van der Waals surface area contributed by atoms with Crippen LogP contribution in [0.25, 0.3) is 0 Å². The molecule has 0 nitrogen and oxygen atoms in total. The zero-order valence-electron chi connectivity index (χ0n) is 11.4. The molecule has 2 heteroatoms. The first-order valence-electron chi connectivity index (χ1n) is 6.47. The van der Waals surface area contributed by atoms with Gasteiger partial charge in [0.2, 0.25) is 0 Å². The van der Waals surface area contributed by atoms with Gasteiger partial charge in [-0.05, 0) is 81.4 Å². The summed E-state index contributed by atoms with van der Waals surface area (Å²) in [5.74, 6) is 1.97. The van der Waals surface area contributed by atoms with E-state index >= 15 is 0 Å². The molecule has 0 radical (unpaired) electrons. The number of hydrogen-bond acceptors (Lipinski definition) is 0. The summed E-state index contributed by atoms with van der Waals surface area (Å²) >= 11 is 4.87. The molecule has 2 aliphatic rings. The fourth-order valence-electron chi connectivity index (χ4n) is 3.36. The van der Waals surface area contributed by atoms with Gasteiger partial charge in [0, 0.05) is 7.16 Å². The largest absolute Gasteiger partial charge is 0.0792 e. The predicted octanol–water partition coefficient (Wildman–Crippen LogP) is 6.05. The maximum Gasteiger partial charge on any atom is 0.00902 e. The van der Waals surface area contributed by atoms with Crippen molar-refractivity contribution < 1.29 is 0 Å². The molecule has 0 aliphatic heterocycles. The third-order valence-corrected chi connectivity index (χ3v) is 6.10. The minimum Gasteiger partial charge on any atom is -0.0792 e.